The molecule has 2 heteroatoms. The highest BCUT2D eigenvalue weighted by Gasteiger charge is 2.06. The van der Waals surface area contributed by atoms with Gasteiger partial charge < -0.3 is 5.73 Å². The average Bonchev–Trinajstić information content (AvgIpc) is 2.17. The van der Waals surface area contributed by atoms with Gasteiger partial charge in [-0.25, -0.2) is 0 Å². The van der Waals surface area contributed by atoms with Crippen molar-refractivity contribution < 1.29 is 0 Å². The number of benzene rings is 1. The van der Waals surface area contributed by atoms with E-state index in [1.54, 1.807) is 0 Å². The maximum absolute atomic E-state index is 5.58. The van der Waals surface area contributed by atoms with Gasteiger partial charge in [0.2, 0.25) is 0 Å². The zero-order chi connectivity index (χ0) is 10.4. The summed E-state index contributed by atoms with van der Waals surface area (Å²) in [6, 6.07) is 8.67. The van der Waals surface area contributed by atoms with Crippen molar-refractivity contribution >= 4 is 11.8 Å². The first-order chi connectivity index (χ1) is 6.76. The van der Waals surface area contributed by atoms with Gasteiger partial charge in [-0.2, -0.15) is 0 Å². The van der Waals surface area contributed by atoms with Crippen molar-refractivity contribution in [3.05, 3.63) is 29.8 Å². The van der Waals surface area contributed by atoms with Crippen molar-refractivity contribution in [2.45, 2.75) is 36.8 Å². The second-order valence-electron chi connectivity index (χ2n) is 3.54. The SMILES string of the molecule is CCC(CCN)Sc1cccc(C)c1. The van der Waals surface area contributed by atoms with Crippen molar-refractivity contribution in [2.75, 3.05) is 6.54 Å². The zero-order valence-electron chi connectivity index (χ0n) is 8.99. The average molecular weight is 209 g/mol. The summed E-state index contributed by atoms with van der Waals surface area (Å²) >= 11 is 1.95. The summed E-state index contributed by atoms with van der Waals surface area (Å²) in [5.41, 5.74) is 6.91. The van der Waals surface area contributed by atoms with Gasteiger partial charge in [-0.1, -0.05) is 24.6 Å². The molecule has 0 aromatic heterocycles. The fourth-order valence-corrected chi connectivity index (χ4v) is 2.63. The highest BCUT2D eigenvalue weighted by atomic mass is 32.2. The molecule has 0 amide bonds. The van der Waals surface area contributed by atoms with Crippen molar-refractivity contribution in [1.29, 1.82) is 0 Å². The lowest BCUT2D eigenvalue weighted by Crippen LogP contribution is -2.09. The van der Waals surface area contributed by atoms with Crippen LogP contribution < -0.4 is 5.73 Å². The van der Waals surface area contributed by atoms with Crippen molar-refractivity contribution in [2.24, 2.45) is 5.73 Å². The standard InChI is InChI=1S/C12H19NS/c1-3-11(7-8-13)14-12-6-4-5-10(2)9-12/h4-6,9,11H,3,7-8,13H2,1-2H3. The smallest absolute Gasteiger partial charge is 0.0104 e. The van der Waals surface area contributed by atoms with E-state index >= 15 is 0 Å². The van der Waals surface area contributed by atoms with Crippen LogP contribution in [0, 0.1) is 6.92 Å². The molecule has 1 nitrogen and oxygen atoms in total. The topological polar surface area (TPSA) is 26.0 Å². The lowest BCUT2D eigenvalue weighted by Gasteiger charge is -2.13. The third-order valence-corrected chi connectivity index (χ3v) is 3.66. The predicted molar refractivity (Wildman–Crippen MR) is 64.8 cm³/mol. The molecule has 0 bridgehead atoms. The maximum Gasteiger partial charge on any atom is 0.0104 e. The number of hydrogen-bond donors (Lipinski definition) is 1. The number of aryl methyl sites for hydroxylation is 1. The fourth-order valence-electron chi connectivity index (χ4n) is 1.41. The molecule has 1 rings (SSSR count). The van der Waals surface area contributed by atoms with Crippen LogP contribution in [0.2, 0.25) is 0 Å². The molecule has 0 aliphatic rings. The van der Waals surface area contributed by atoms with Crippen LogP contribution in [0.4, 0.5) is 0 Å². The molecule has 0 saturated heterocycles. The van der Waals surface area contributed by atoms with Gasteiger partial charge in [-0.15, -0.1) is 11.8 Å². The van der Waals surface area contributed by atoms with Crippen molar-refractivity contribution in [1.82, 2.24) is 0 Å². The predicted octanol–water partition coefficient (Wildman–Crippen LogP) is 3.21. The first kappa shape index (κ1) is 11.6. The Morgan fingerprint density at radius 1 is 1.43 bits per heavy atom. The van der Waals surface area contributed by atoms with E-state index in [1.807, 2.05) is 11.8 Å². The molecule has 14 heavy (non-hydrogen) atoms. The second-order valence-corrected chi connectivity index (χ2v) is 4.92. The summed E-state index contributed by atoms with van der Waals surface area (Å²) in [6.07, 6.45) is 2.30. The van der Waals surface area contributed by atoms with Crippen molar-refractivity contribution in [3.63, 3.8) is 0 Å². The molecule has 1 aromatic rings. The molecule has 0 aliphatic heterocycles. The quantitative estimate of drug-likeness (QED) is 0.754. The van der Waals surface area contributed by atoms with Gasteiger partial charge in [0, 0.05) is 10.1 Å². The third kappa shape index (κ3) is 3.72. The zero-order valence-corrected chi connectivity index (χ0v) is 9.81. The molecule has 1 unspecified atom stereocenters. The van der Waals surface area contributed by atoms with E-state index in [9.17, 15) is 0 Å². The van der Waals surface area contributed by atoms with Gasteiger partial charge in [0.25, 0.3) is 0 Å². The van der Waals surface area contributed by atoms with Crippen LogP contribution in [-0.2, 0) is 0 Å². The van der Waals surface area contributed by atoms with Crippen LogP contribution in [0.1, 0.15) is 25.3 Å². The molecular weight excluding hydrogens is 190 g/mol. The van der Waals surface area contributed by atoms with Crippen LogP contribution >= 0.6 is 11.8 Å². The van der Waals surface area contributed by atoms with E-state index in [0.29, 0.717) is 5.25 Å². The summed E-state index contributed by atoms with van der Waals surface area (Å²) in [6.45, 7) is 5.15. The van der Waals surface area contributed by atoms with Gasteiger partial charge >= 0.3 is 0 Å². The van der Waals surface area contributed by atoms with E-state index in [1.165, 1.54) is 16.9 Å². The Bertz CT molecular complexity index is 273. The minimum absolute atomic E-state index is 0.668. The van der Waals surface area contributed by atoms with E-state index in [-0.39, 0.29) is 0 Å². The molecular formula is C12H19NS. The van der Waals surface area contributed by atoms with Gasteiger partial charge in [0.15, 0.2) is 0 Å². The lowest BCUT2D eigenvalue weighted by molar-refractivity contribution is 0.745. The highest BCUT2D eigenvalue weighted by molar-refractivity contribution is 8.00. The second kappa shape index (κ2) is 6.10. The Labute approximate surface area is 91.1 Å². The molecule has 2 N–H and O–H groups in total. The van der Waals surface area contributed by atoms with Crippen LogP contribution in [0.3, 0.4) is 0 Å². The van der Waals surface area contributed by atoms with Crippen LogP contribution in [0.5, 0.6) is 0 Å². The van der Waals surface area contributed by atoms with Crippen LogP contribution in [0.25, 0.3) is 0 Å². The number of hydrogen-bond acceptors (Lipinski definition) is 2. The van der Waals surface area contributed by atoms with Gasteiger partial charge in [-0.05, 0) is 38.4 Å². The Morgan fingerprint density at radius 2 is 2.21 bits per heavy atom. The van der Waals surface area contributed by atoms with Crippen LogP contribution in [-0.4, -0.2) is 11.8 Å². The molecule has 1 aromatic carbocycles. The van der Waals surface area contributed by atoms with E-state index in [4.69, 9.17) is 5.73 Å². The lowest BCUT2D eigenvalue weighted by atomic mass is 10.2. The normalized spacial score (nSPS) is 12.8. The summed E-state index contributed by atoms with van der Waals surface area (Å²) in [5.74, 6) is 0. The molecule has 0 radical (unpaired) electrons. The van der Waals surface area contributed by atoms with E-state index in [2.05, 4.69) is 38.1 Å². The van der Waals surface area contributed by atoms with Gasteiger partial charge in [-0.3, -0.25) is 0 Å². The minimum atomic E-state index is 0.668. The Morgan fingerprint density at radius 3 is 2.79 bits per heavy atom. The summed E-state index contributed by atoms with van der Waals surface area (Å²) in [5, 5.41) is 0.668. The van der Waals surface area contributed by atoms with Crippen LogP contribution in [0.15, 0.2) is 29.2 Å². The molecule has 0 heterocycles. The Kier molecular flexibility index (Phi) is 5.05. The Hall–Kier alpha value is -0.470. The molecule has 78 valence electrons. The van der Waals surface area contributed by atoms with Gasteiger partial charge in [0.05, 0.1) is 0 Å². The van der Waals surface area contributed by atoms with Gasteiger partial charge in [0.1, 0.15) is 0 Å². The number of thioether (sulfide) groups is 1. The Balaban J connectivity index is 2.57. The monoisotopic (exact) mass is 209 g/mol. The number of rotatable bonds is 5. The minimum Gasteiger partial charge on any atom is -0.330 e. The highest BCUT2D eigenvalue weighted by Crippen LogP contribution is 2.27. The molecule has 0 fully saturated rings. The first-order valence-corrected chi connectivity index (χ1v) is 6.07. The molecule has 1 atom stereocenters. The largest absolute Gasteiger partial charge is 0.330 e. The van der Waals surface area contributed by atoms with E-state index in [0.717, 1.165) is 13.0 Å². The molecule has 0 saturated carbocycles. The van der Waals surface area contributed by atoms with Crippen molar-refractivity contribution in [3.8, 4) is 0 Å². The molecule has 0 aliphatic carbocycles. The first-order valence-electron chi connectivity index (χ1n) is 5.19. The summed E-state index contributed by atoms with van der Waals surface area (Å²) in [7, 11) is 0. The molecule has 0 spiro atoms. The summed E-state index contributed by atoms with van der Waals surface area (Å²) < 4.78 is 0. The third-order valence-electron chi connectivity index (χ3n) is 2.24. The summed E-state index contributed by atoms with van der Waals surface area (Å²) in [4.78, 5) is 1.37. The fraction of sp³-hybridized carbons (Fsp3) is 0.500. The maximum atomic E-state index is 5.58. The van der Waals surface area contributed by atoms with E-state index < -0.39 is 0 Å². The number of nitrogens with two attached hydrogens (primary N) is 1.